The van der Waals surface area contributed by atoms with Gasteiger partial charge in [-0.05, 0) is 44.4 Å². The van der Waals surface area contributed by atoms with Crippen molar-refractivity contribution in [1.82, 2.24) is 9.97 Å². The fourth-order valence-corrected chi connectivity index (χ4v) is 3.50. The van der Waals surface area contributed by atoms with Crippen LogP contribution in [0.1, 0.15) is 30.5 Å². The molecular weight excluding hydrogens is 326 g/mol. The molecular formula is C21H23N3O2. The Hall–Kier alpha value is -2.82. The van der Waals surface area contributed by atoms with Gasteiger partial charge in [0.1, 0.15) is 6.61 Å². The number of ether oxygens (including phenoxy) is 1. The molecule has 0 radical (unpaired) electrons. The van der Waals surface area contributed by atoms with Crippen LogP contribution in [0.5, 0.6) is 5.88 Å². The number of H-pyrrole nitrogens is 1. The van der Waals surface area contributed by atoms with E-state index >= 15 is 0 Å². The van der Waals surface area contributed by atoms with E-state index in [-0.39, 0.29) is 5.43 Å². The third kappa shape index (κ3) is 3.29. The normalized spacial score (nSPS) is 14.6. The third-order valence-corrected chi connectivity index (χ3v) is 5.05. The molecule has 0 saturated carbocycles. The predicted octanol–water partition coefficient (Wildman–Crippen LogP) is 3.80. The van der Waals surface area contributed by atoms with E-state index in [0.29, 0.717) is 23.4 Å². The van der Waals surface area contributed by atoms with Gasteiger partial charge in [-0.25, -0.2) is 4.98 Å². The second-order valence-electron chi connectivity index (χ2n) is 6.79. The first-order chi connectivity index (χ1) is 12.7. The van der Waals surface area contributed by atoms with Gasteiger partial charge in [0.25, 0.3) is 0 Å². The van der Waals surface area contributed by atoms with Crippen molar-refractivity contribution >= 4 is 16.6 Å². The Morgan fingerprint density at radius 3 is 2.81 bits per heavy atom. The molecule has 0 atom stereocenters. The number of piperidine rings is 1. The minimum atomic E-state index is 0.0491. The van der Waals surface area contributed by atoms with Crippen LogP contribution in [0.25, 0.3) is 10.9 Å². The van der Waals surface area contributed by atoms with Crippen molar-refractivity contribution in [3.63, 3.8) is 0 Å². The molecule has 1 N–H and O–H groups in total. The summed E-state index contributed by atoms with van der Waals surface area (Å²) < 4.78 is 5.90. The summed E-state index contributed by atoms with van der Waals surface area (Å²) in [6.45, 7) is 4.30. The molecule has 1 aromatic carbocycles. The molecule has 3 aromatic rings. The van der Waals surface area contributed by atoms with Crippen LogP contribution in [-0.2, 0) is 6.61 Å². The molecule has 0 amide bonds. The van der Waals surface area contributed by atoms with Gasteiger partial charge in [0.05, 0.1) is 5.69 Å². The van der Waals surface area contributed by atoms with E-state index < -0.39 is 0 Å². The Labute approximate surface area is 152 Å². The second-order valence-corrected chi connectivity index (χ2v) is 6.79. The predicted molar refractivity (Wildman–Crippen MR) is 104 cm³/mol. The molecule has 134 valence electrons. The lowest BCUT2D eigenvalue weighted by molar-refractivity contribution is 0.289. The molecule has 0 unspecified atom stereocenters. The molecule has 5 nitrogen and oxygen atoms in total. The minimum Gasteiger partial charge on any atom is -0.471 e. The van der Waals surface area contributed by atoms with Gasteiger partial charge in [-0.3, -0.25) is 4.79 Å². The maximum Gasteiger partial charge on any atom is 0.215 e. The largest absolute Gasteiger partial charge is 0.471 e. The molecule has 5 heteroatoms. The van der Waals surface area contributed by atoms with Crippen molar-refractivity contribution in [3.05, 3.63) is 64.1 Å². The zero-order chi connectivity index (χ0) is 17.9. The van der Waals surface area contributed by atoms with Gasteiger partial charge in [0, 0.05) is 47.5 Å². The number of aromatic amines is 1. The number of hydrogen-bond donors (Lipinski definition) is 1. The van der Waals surface area contributed by atoms with Crippen molar-refractivity contribution in [3.8, 4) is 5.88 Å². The van der Waals surface area contributed by atoms with E-state index in [4.69, 9.17) is 4.74 Å². The molecule has 2 aromatic heterocycles. The summed E-state index contributed by atoms with van der Waals surface area (Å²) in [7, 11) is 0. The van der Waals surface area contributed by atoms with E-state index in [2.05, 4.69) is 14.9 Å². The molecule has 1 fully saturated rings. The number of nitrogens with zero attached hydrogens (tertiary/aromatic N) is 2. The fraction of sp³-hybridized carbons (Fsp3) is 0.333. The maximum absolute atomic E-state index is 12.5. The molecule has 0 spiro atoms. The van der Waals surface area contributed by atoms with Crippen LogP contribution < -0.4 is 15.1 Å². The van der Waals surface area contributed by atoms with E-state index in [1.165, 1.54) is 19.3 Å². The number of anilines is 1. The molecule has 1 aliphatic rings. The quantitative estimate of drug-likeness (QED) is 0.778. The lowest BCUT2D eigenvalue weighted by Crippen LogP contribution is -2.29. The van der Waals surface area contributed by atoms with Crippen LogP contribution in [0.4, 0.5) is 5.69 Å². The highest BCUT2D eigenvalue weighted by molar-refractivity contribution is 5.79. The number of para-hydroxylation sites is 1. The Balaban J connectivity index is 1.55. The van der Waals surface area contributed by atoms with Crippen molar-refractivity contribution in [1.29, 1.82) is 0 Å². The molecule has 3 heterocycles. The zero-order valence-electron chi connectivity index (χ0n) is 15.0. The summed E-state index contributed by atoms with van der Waals surface area (Å²) in [5.41, 5.74) is 3.51. The highest BCUT2D eigenvalue weighted by atomic mass is 16.5. The summed E-state index contributed by atoms with van der Waals surface area (Å²) in [6.07, 6.45) is 5.56. The molecule has 26 heavy (non-hydrogen) atoms. The lowest BCUT2D eigenvalue weighted by Gasteiger charge is -2.28. The molecule has 4 rings (SSSR count). The minimum absolute atomic E-state index is 0.0491. The van der Waals surface area contributed by atoms with Crippen LogP contribution in [-0.4, -0.2) is 23.1 Å². The van der Waals surface area contributed by atoms with Crippen molar-refractivity contribution in [2.75, 3.05) is 18.0 Å². The average molecular weight is 349 g/mol. The van der Waals surface area contributed by atoms with Crippen LogP contribution >= 0.6 is 0 Å². The first kappa shape index (κ1) is 16.6. The average Bonchev–Trinajstić information content (AvgIpc) is 2.70. The first-order valence-electron chi connectivity index (χ1n) is 9.17. The maximum atomic E-state index is 12.5. The second kappa shape index (κ2) is 7.20. The van der Waals surface area contributed by atoms with Crippen LogP contribution in [0.2, 0.25) is 0 Å². The number of benzene rings is 1. The molecule has 1 aliphatic heterocycles. The van der Waals surface area contributed by atoms with Gasteiger partial charge in [-0.1, -0.05) is 12.1 Å². The van der Waals surface area contributed by atoms with Crippen LogP contribution in [0, 0.1) is 6.92 Å². The van der Waals surface area contributed by atoms with Gasteiger partial charge in [-0.2, -0.15) is 0 Å². The van der Waals surface area contributed by atoms with Gasteiger partial charge < -0.3 is 14.6 Å². The fourth-order valence-electron chi connectivity index (χ4n) is 3.50. The third-order valence-electron chi connectivity index (χ3n) is 5.05. The summed E-state index contributed by atoms with van der Waals surface area (Å²) >= 11 is 0. The Morgan fingerprint density at radius 1 is 1.15 bits per heavy atom. The van der Waals surface area contributed by atoms with Gasteiger partial charge in [0.2, 0.25) is 5.88 Å². The number of fused-ring (bicyclic) bond motifs is 1. The van der Waals surface area contributed by atoms with E-state index in [1.807, 2.05) is 43.3 Å². The van der Waals surface area contributed by atoms with E-state index in [9.17, 15) is 4.79 Å². The van der Waals surface area contributed by atoms with E-state index in [0.717, 1.165) is 30.0 Å². The molecule has 0 aliphatic carbocycles. The molecule has 1 saturated heterocycles. The van der Waals surface area contributed by atoms with Gasteiger partial charge >= 0.3 is 0 Å². The highest BCUT2D eigenvalue weighted by Gasteiger charge is 2.13. The van der Waals surface area contributed by atoms with Crippen molar-refractivity contribution in [2.24, 2.45) is 0 Å². The highest BCUT2D eigenvalue weighted by Crippen LogP contribution is 2.23. The number of hydrogen-bond acceptors (Lipinski definition) is 4. The number of aromatic nitrogens is 2. The summed E-state index contributed by atoms with van der Waals surface area (Å²) in [4.78, 5) is 22.5. The van der Waals surface area contributed by atoms with E-state index in [1.54, 1.807) is 6.20 Å². The monoisotopic (exact) mass is 349 g/mol. The SMILES string of the molecule is Cc1c(COc2cc(N3CCCCC3)ccn2)[nH]c2ccccc2c1=O. The van der Waals surface area contributed by atoms with Crippen LogP contribution in [0.15, 0.2) is 47.4 Å². The Morgan fingerprint density at radius 2 is 1.96 bits per heavy atom. The van der Waals surface area contributed by atoms with Gasteiger partial charge in [0.15, 0.2) is 5.43 Å². The topological polar surface area (TPSA) is 58.2 Å². The standard InChI is InChI=1S/C21H23N3O2/c1-15-19(23-18-8-4-3-7-17(18)21(15)25)14-26-20-13-16(9-10-22-20)24-11-5-2-6-12-24/h3-4,7-10,13H,2,5-6,11-12,14H2,1H3,(H,23,25). The summed E-state index contributed by atoms with van der Waals surface area (Å²) in [5.74, 6) is 0.585. The van der Waals surface area contributed by atoms with Crippen molar-refractivity contribution < 1.29 is 4.74 Å². The number of nitrogens with one attached hydrogen (secondary N) is 1. The van der Waals surface area contributed by atoms with Crippen LogP contribution in [0.3, 0.4) is 0 Å². The Kier molecular flexibility index (Phi) is 4.61. The first-order valence-corrected chi connectivity index (χ1v) is 9.17. The summed E-state index contributed by atoms with van der Waals surface area (Å²) in [6, 6.07) is 11.6. The van der Waals surface area contributed by atoms with Gasteiger partial charge in [-0.15, -0.1) is 0 Å². The number of rotatable bonds is 4. The molecule has 0 bridgehead atoms. The number of pyridine rings is 2. The van der Waals surface area contributed by atoms with Crippen molar-refractivity contribution in [2.45, 2.75) is 32.8 Å². The Bertz CT molecular complexity index is 974. The lowest BCUT2D eigenvalue weighted by atomic mass is 10.1. The summed E-state index contributed by atoms with van der Waals surface area (Å²) in [5, 5.41) is 0.707. The zero-order valence-corrected chi connectivity index (χ0v) is 15.0. The smallest absolute Gasteiger partial charge is 0.215 e.